The number of aromatic nitrogens is 4. The average Bonchev–Trinajstić information content (AvgIpc) is 3.23. The molecule has 0 radical (unpaired) electrons. The summed E-state index contributed by atoms with van der Waals surface area (Å²) in [6.45, 7) is 4.44. The topological polar surface area (TPSA) is 108 Å². The van der Waals surface area contributed by atoms with Crippen molar-refractivity contribution in [3.63, 3.8) is 0 Å². The molecule has 0 spiro atoms. The van der Waals surface area contributed by atoms with E-state index < -0.39 is 4.92 Å². The lowest BCUT2D eigenvalue weighted by Crippen LogP contribution is -2.16. The SMILES string of the molecule is Cc1nn(Cc2ccccc2Cl)c(C)c1NC(=O)CCn1ccc([N+](=O)[O-])n1. The molecule has 0 bridgehead atoms. The number of amides is 1. The first-order valence-electron chi connectivity index (χ1n) is 8.60. The van der Waals surface area contributed by atoms with Gasteiger partial charge in [-0.3, -0.25) is 9.48 Å². The smallest absolute Gasteiger partial charge is 0.358 e. The fourth-order valence-electron chi connectivity index (χ4n) is 2.81. The van der Waals surface area contributed by atoms with Gasteiger partial charge in [0.05, 0.1) is 47.5 Å². The number of nitro groups is 1. The summed E-state index contributed by atoms with van der Waals surface area (Å²) >= 11 is 6.22. The van der Waals surface area contributed by atoms with E-state index in [2.05, 4.69) is 15.5 Å². The number of rotatable bonds is 7. The van der Waals surface area contributed by atoms with Crippen LogP contribution in [0.4, 0.5) is 11.5 Å². The van der Waals surface area contributed by atoms with E-state index >= 15 is 0 Å². The first kappa shape index (κ1) is 19.6. The maximum Gasteiger partial charge on any atom is 0.389 e. The highest BCUT2D eigenvalue weighted by Crippen LogP contribution is 2.23. The van der Waals surface area contributed by atoms with Crippen LogP contribution in [0.5, 0.6) is 0 Å². The quantitative estimate of drug-likeness (QED) is 0.481. The monoisotopic (exact) mass is 402 g/mol. The molecule has 0 aliphatic carbocycles. The summed E-state index contributed by atoms with van der Waals surface area (Å²) in [6.07, 6.45) is 1.61. The predicted molar refractivity (Wildman–Crippen MR) is 104 cm³/mol. The van der Waals surface area contributed by atoms with E-state index in [0.717, 1.165) is 11.3 Å². The maximum absolute atomic E-state index is 12.3. The standard InChI is InChI=1S/C18H19ClN6O3/c1-12-18(13(2)24(21-12)11-14-5-3-4-6-15(14)19)20-17(26)8-10-23-9-7-16(22-23)25(27)28/h3-7,9H,8,10-11H2,1-2H3,(H,20,26). The molecule has 3 aromatic rings. The van der Waals surface area contributed by atoms with Gasteiger partial charge in [-0.15, -0.1) is 0 Å². The van der Waals surface area contributed by atoms with Crippen molar-refractivity contribution in [2.75, 3.05) is 5.32 Å². The highest BCUT2D eigenvalue weighted by molar-refractivity contribution is 6.31. The van der Waals surface area contributed by atoms with Crippen molar-refractivity contribution in [1.82, 2.24) is 19.6 Å². The van der Waals surface area contributed by atoms with Crippen molar-refractivity contribution in [2.24, 2.45) is 0 Å². The van der Waals surface area contributed by atoms with Crippen molar-refractivity contribution >= 4 is 29.0 Å². The number of nitrogens with one attached hydrogen (secondary N) is 1. The number of benzene rings is 1. The molecule has 0 unspecified atom stereocenters. The second-order valence-corrected chi connectivity index (χ2v) is 6.69. The summed E-state index contributed by atoms with van der Waals surface area (Å²) in [5.41, 5.74) is 3.12. The summed E-state index contributed by atoms with van der Waals surface area (Å²) in [6, 6.07) is 8.83. The van der Waals surface area contributed by atoms with Crippen LogP contribution in [0.3, 0.4) is 0 Å². The Kier molecular flexibility index (Phi) is 5.74. The molecule has 0 aliphatic rings. The first-order chi connectivity index (χ1) is 13.3. The van der Waals surface area contributed by atoms with E-state index in [-0.39, 0.29) is 24.7 Å². The first-order valence-corrected chi connectivity index (χ1v) is 8.98. The molecule has 1 amide bonds. The largest absolute Gasteiger partial charge is 0.389 e. The number of aryl methyl sites for hydroxylation is 2. The Balaban J connectivity index is 1.65. The summed E-state index contributed by atoms with van der Waals surface area (Å²) in [5, 5.41) is 22.5. The van der Waals surface area contributed by atoms with Crippen molar-refractivity contribution in [3.05, 3.63) is 68.6 Å². The summed E-state index contributed by atoms with van der Waals surface area (Å²) in [5.74, 6) is -0.463. The number of hydrogen-bond donors (Lipinski definition) is 1. The molecule has 28 heavy (non-hydrogen) atoms. The molecule has 1 N–H and O–H groups in total. The molecule has 146 valence electrons. The maximum atomic E-state index is 12.3. The van der Waals surface area contributed by atoms with Gasteiger partial charge in [-0.1, -0.05) is 29.8 Å². The lowest BCUT2D eigenvalue weighted by molar-refractivity contribution is -0.389. The average molecular weight is 403 g/mol. The third kappa shape index (κ3) is 4.37. The van der Waals surface area contributed by atoms with Crippen LogP contribution in [0.25, 0.3) is 0 Å². The van der Waals surface area contributed by atoms with Gasteiger partial charge in [-0.2, -0.15) is 9.78 Å². The zero-order chi connectivity index (χ0) is 20.3. The van der Waals surface area contributed by atoms with Crippen LogP contribution in [0, 0.1) is 24.0 Å². The number of carbonyl (C=O) groups excluding carboxylic acids is 1. The molecule has 9 nitrogen and oxygen atoms in total. The van der Waals surface area contributed by atoms with Gasteiger partial charge in [0.1, 0.15) is 0 Å². The molecule has 0 saturated carbocycles. The number of carbonyl (C=O) groups is 1. The molecule has 3 rings (SSSR count). The molecule has 0 aliphatic heterocycles. The van der Waals surface area contributed by atoms with E-state index in [4.69, 9.17) is 11.6 Å². The van der Waals surface area contributed by atoms with Gasteiger partial charge in [0.2, 0.25) is 5.91 Å². The molecule has 2 aromatic heterocycles. The van der Waals surface area contributed by atoms with E-state index in [0.29, 0.717) is 22.9 Å². The zero-order valence-corrected chi connectivity index (χ0v) is 16.2. The highest BCUT2D eigenvalue weighted by Gasteiger charge is 2.16. The number of halogens is 1. The van der Waals surface area contributed by atoms with Crippen LogP contribution in [0.15, 0.2) is 36.5 Å². The number of hydrogen-bond acceptors (Lipinski definition) is 5. The lowest BCUT2D eigenvalue weighted by Gasteiger charge is -2.08. The Morgan fingerprint density at radius 3 is 2.68 bits per heavy atom. The predicted octanol–water partition coefficient (Wildman–Crippen LogP) is 3.34. The fourth-order valence-corrected chi connectivity index (χ4v) is 3.01. The van der Waals surface area contributed by atoms with Crippen LogP contribution in [0.2, 0.25) is 5.02 Å². The molecule has 2 heterocycles. The van der Waals surface area contributed by atoms with Gasteiger partial charge in [-0.05, 0) is 30.4 Å². The van der Waals surface area contributed by atoms with Crippen molar-refractivity contribution in [1.29, 1.82) is 0 Å². The third-order valence-corrected chi connectivity index (χ3v) is 4.67. The molecular formula is C18H19ClN6O3. The van der Waals surface area contributed by atoms with Crippen LogP contribution in [-0.2, 0) is 17.9 Å². The Hall–Kier alpha value is -3.20. The minimum absolute atomic E-state index is 0.132. The second-order valence-electron chi connectivity index (χ2n) is 6.29. The van der Waals surface area contributed by atoms with Crippen molar-refractivity contribution in [2.45, 2.75) is 33.4 Å². The number of nitrogens with zero attached hydrogens (tertiary/aromatic N) is 5. The second kappa shape index (κ2) is 8.22. The Morgan fingerprint density at radius 2 is 2.00 bits per heavy atom. The molecule has 0 saturated heterocycles. The van der Waals surface area contributed by atoms with Gasteiger partial charge >= 0.3 is 5.82 Å². The van der Waals surface area contributed by atoms with Crippen LogP contribution in [0.1, 0.15) is 23.4 Å². The summed E-state index contributed by atoms with van der Waals surface area (Å²) < 4.78 is 3.17. The minimum atomic E-state index is -0.573. The molecule has 0 atom stereocenters. The van der Waals surface area contributed by atoms with Gasteiger partial charge in [0.25, 0.3) is 0 Å². The van der Waals surface area contributed by atoms with Crippen LogP contribution >= 0.6 is 11.6 Å². The summed E-state index contributed by atoms with van der Waals surface area (Å²) in [4.78, 5) is 22.4. The van der Waals surface area contributed by atoms with Crippen LogP contribution < -0.4 is 5.32 Å². The van der Waals surface area contributed by atoms with E-state index in [1.807, 2.05) is 38.1 Å². The van der Waals surface area contributed by atoms with Crippen molar-refractivity contribution in [3.8, 4) is 0 Å². The van der Waals surface area contributed by atoms with Crippen molar-refractivity contribution < 1.29 is 9.72 Å². The minimum Gasteiger partial charge on any atom is -0.358 e. The summed E-state index contributed by atoms with van der Waals surface area (Å²) in [7, 11) is 0. The Labute approximate surface area is 166 Å². The van der Waals surface area contributed by atoms with E-state index in [1.165, 1.54) is 16.9 Å². The van der Waals surface area contributed by atoms with Crippen LogP contribution in [-0.4, -0.2) is 30.4 Å². The van der Waals surface area contributed by atoms with Gasteiger partial charge in [0.15, 0.2) is 0 Å². The molecule has 1 aromatic carbocycles. The van der Waals surface area contributed by atoms with E-state index in [9.17, 15) is 14.9 Å². The number of anilines is 1. The Bertz CT molecular complexity index is 1030. The highest BCUT2D eigenvalue weighted by atomic mass is 35.5. The molecular weight excluding hydrogens is 384 g/mol. The van der Waals surface area contributed by atoms with Gasteiger partial charge in [-0.25, -0.2) is 0 Å². The molecule has 10 heteroatoms. The zero-order valence-electron chi connectivity index (χ0n) is 15.4. The van der Waals surface area contributed by atoms with Gasteiger partial charge in [0, 0.05) is 11.4 Å². The van der Waals surface area contributed by atoms with Gasteiger partial charge < -0.3 is 15.4 Å². The fraction of sp³-hybridized carbons (Fsp3) is 0.278. The molecule has 0 fully saturated rings. The lowest BCUT2D eigenvalue weighted by atomic mass is 10.2. The normalized spacial score (nSPS) is 10.8. The Morgan fingerprint density at radius 1 is 1.25 bits per heavy atom. The third-order valence-electron chi connectivity index (χ3n) is 4.31. The van der Waals surface area contributed by atoms with E-state index in [1.54, 1.807) is 4.68 Å².